The summed E-state index contributed by atoms with van der Waals surface area (Å²) in [6.07, 6.45) is 2.06. The predicted molar refractivity (Wildman–Crippen MR) is 76.4 cm³/mol. The number of likely N-dealkylation sites (N-methyl/N-ethyl adjacent to an activating group) is 1. The van der Waals surface area contributed by atoms with Crippen LogP contribution < -0.4 is 4.90 Å². The van der Waals surface area contributed by atoms with Gasteiger partial charge in [0, 0.05) is 19.1 Å². The Bertz CT molecular complexity index is 403. The van der Waals surface area contributed by atoms with E-state index in [2.05, 4.69) is 28.9 Å². The van der Waals surface area contributed by atoms with Gasteiger partial charge < -0.3 is 14.9 Å². The van der Waals surface area contributed by atoms with Crippen molar-refractivity contribution < 1.29 is 5.11 Å². The van der Waals surface area contributed by atoms with Crippen molar-refractivity contribution in [1.82, 2.24) is 9.88 Å². The quantitative estimate of drug-likeness (QED) is 0.911. The number of anilines is 1. The lowest BCUT2D eigenvalue weighted by atomic mass is 10.1. The lowest BCUT2D eigenvalue weighted by molar-refractivity contribution is 0.202. The van der Waals surface area contributed by atoms with Crippen LogP contribution in [0.3, 0.4) is 0 Å². The zero-order valence-electron chi connectivity index (χ0n) is 11.7. The Morgan fingerprint density at radius 3 is 2.78 bits per heavy atom. The Labute approximate surface area is 113 Å². The second-order valence-corrected chi connectivity index (χ2v) is 6.34. The molecule has 1 fully saturated rings. The topological polar surface area (TPSA) is 39.6 Å². The van der Waals surface area contributed by atoms with Crippen molar-refractivity contribution in [2.75, 3.05) is 32.1 Å². The maximum Gasteiger partial charge on any atom is 0.185 e. The zero-order chi connectivity index (χ0) is 13.3. The van der Waals surface area contributed by atoms with Crippen molar-refractivity contribution in [2.24, 2.45) is 0 Å². The van der Waals surface area contributed by atoms with Crippen molar-refractivity contribution in [3.63, 3.8) is 0 Å². The Kier molecular flexibility index (Phi) is 4.25. The molecule has 5 heteroatoms. The van der Waals surface area contributed by atoms with Crippen molar-refractivity contribution in [3.05, 3.63) is 10.6 Å². The van der Waals surface area contributed by atoms with Crippen LogP contribution in [-0.2, 0) is 0 Å². The van der Waals surface area contributed by atoms with Crippen molar-refractivity contribution in [1.29, 1.82) is 0 Å². The van der Waals surface area contributed by atoms with E-state index < -0.39 is 6.10 Å². The Hall–Kier alpha value is -0.650. The van der Waals surface area contributed by atoms with Crippen LogP contribution in [-0.4, -0.2) is 48.2 Å². The highest BCUT2D eigenvalue weighted by Gasteiger charge is 2.24. The number of rotatable bonds is 3. The van der Waals surface area contributed by atoms with Gasteiger partial charge in [0.1, 0.15) is 0 Å². The highest BCUT2D eigenvalue weighted by molar-refractivity contribution is 7.15. The first-order chi connectivity index (χ1) is 8.49. The van der Waals surface area contributed by atoms with Crippen LogP contribution in [0.25, 0.3) is 0 Å². The fourth-order valence-electron chi connectivity index (χ4n) is 2.47. The maximum atomic E-state index is 9.70. The third kappa shape index (κ3) is 2.84. The number of aryl methyl sites for hydroxylation is 1. The van der Waals surface area contributed by atoms with Gasteiger partial charge in [-0.2, -0.15) is 0 Å². The van der Waals surface area contributed by atoms with Crippen LogP contribution in [0.2, 0.25) is 0 Å². The van der Waals surface area contributed by atoms with Gasteiger partial charge in [0.2, 0.25) is 0 Å². The number of aliphatic hydroxyl groups excluding tert-OH is 1. The van der Waals surface area contributed by atoms with Crippen LogP contribution in [0.15, 0.2) is 0 Å². The molecule has 1 saturated heterocycles. The SMILES string of the molecule is Cc1nc(N2CCCC(N(C)C)C2)sc1C(C)O. The number of aliphatic hydroxyl groups is 1. The van der Waals surface area contributed by atoms with E-state index in [9.17, 15) is 5.11 Å². The normalized spacial score (nSPS) is 22.6. The lowest BCUT2D eigenvalue weighted by Crippen LogP contribution is -2.45. The maximum absolute atomic E-state index is 9.70. The van der Waals surface area contributed by atoms with E-state index in [4.69, 9.17) is 0 Å². The molecule has 2 unspecified atom stereocenters. The van der Waals surface area contributed by atoms with Gasteiger partial charge in [0.15, 0.2) is 5.13 Å². The molecule has 1 aromatic heterocycles. The van der Waals surface area contributed by atoms with E-state index in [0.717, 1.165) is 28.8 Å². The highest BCUT2D eigenvalue weighted by Crippen LogP contribution is 2.32. The standard InChI is InChI=1S/C13H23N3OS/c1-9-12(10(2)17)18-13(14-9)16-7-5-6-11(8-16)15(3)4/h10-11,17H,5-8H2,1-4H3. The molecule has 0 saturated carbocycles. The minimum atomic E-state index is -0.411. The molecule has 1 N–H and O–H groups in total. The third-order valence-electron chi connectivity index (χ3n) is 3.60. The lowest BCUT2D eigenvalue weighted by Gasteiger charge is -2.35. The fourth-order valence-corrected chi connectivity index (χ4v) is 3.50. The minimum Gasteiger partial charge on any atom is -0.388 e. The summed E-state index contributed by atoms with van der Waals surface area (Å²) in [4.78, 5) is 10.3. The summed E-state index contributed by atoms with van der Waals surface area (Å²) < 4.78 is 0. The number of nitrogens with zero attached hydrogens (tertiary/aromatic N) is 3. The molecule has 2 atom stereocenters. The molecule has 18 heavy (non-hydrogen) atoms. The first-order valence-corrected chi connectivity index (χ1v) is 7.37. The number of aromatic nitrogens is 1. The molecule has 0 spiro atoms. The first-order valence-electron chi connectivity index (χ1n) is 6.55. The smallest absolute Gasteiger partial charge is 0.185 e. The fraction of sp³-hybridized carbons (Fsp3) is 0.769. The molecule has 2 heterocycles. The van der Waals surface area contributed by atoms with Crippen LogP contribution >= 0.6 is 11.3 Å². The Balaban J connectivity index is 2.13. The van der Waals surface area contributed by atoms with E-state index in [-0.39, 0.29) is 0 Å². The minimum absolute atomic E-state index is 0.411. The average Bonchev–Trinajstić information content (AvgIpc) is 2.71. The van der Waals surface area contributed by atoms with Gasteiger partial charge >= 0.3 is 0 Å². The van der Waals surface area contributed by atoms with E-state index in [0.29, 0.717) is 6.04 Å². The molecule has 0 aromatic carbocycles. The molecular weight excluding hydrogens is 246 g/mol. The van der Waals surface area contributed by atoms with E-state index in [1.165, 1.54) is 12.8 Å². The molecule has 0 amide bonds. The molecule has 0 aliphatic carbocycles. The van der Waals surface area contributed by atoms with Crippen LogP contribution in [0, 0.1) is 6.92 Å². The summed E-state index contributed by atoms with van der Waals surface area (Å²) in [5, 5.41) is 10.8. The highest BCUT2D eigenvalue weighted by atomic mass is 32.1. The van der Waals surface area contributed by atoms with E-state index >= 15 is 0 Å². The number of hydrogen-bond donors (Lipinski definition) is 1. The third-order valence-corrected chi connectivity index (χ3v) is 4.99. The van der Waals surface area contributed by atoms with Crippen LogP contribution in [0.5, 0.6) is 0 Å². The molecule has 1 aliphatic rings. The van der Waals surface area contributed by atoms with Crippen molar-refractivity contribution in [3.8, 4) is 0 Å². The molecular formula is C13H23N3OS. The van der Waals surface area contributed by atoms with E-state index in [1.54, 1.807) is 11.3 Å². The predicted octanol–water partition coefficient (Wildman–Crippen LogP) is 2.04. The molecule has 4 nitrogen and oxygen atoms in total. The number of piperidine rings is 1. The molecule has 0 bridgehead atoms. The molecule has 2 rings (SSSR count). The summed E-state index contributed by atoms with van der Waals surface area (Å²) in [5.74, 6) is 0. The van der Waals surface area contributed by atoms with Gasteiger partial charge in [-0.3, -0.25) is 0 Å². The monoisotopic (exact) mass is 269 g/mol. The summed E-state index contributed by atoms with van der Waals surface area (Å²) >= 11 is 1.63. The van der Waals surface area contributed by atoms with Gasteiger partial charge in [-0.1, -0.05) is 11.3 Å². The summed E-state index contributed by atoms with van der Waals surface area (Å²) in [7, 11) is 4.28. The van der Waals surface area contributed by atoms with Gasteiger partial charge in [0.25, 0.3) is 0 Å². The molecule has 102 valence electrons. The van der Waals surface area contributed by atoms with Crippen molar-refractivity contribution >= 4 is 16.5 Å². The summed E-state index contributed by atoms with van der Waals surface area (Å²) in [5.41, 5.74) is 0.969. The van der Waals surface area contributed by atoms with Crippen molar-refractivity contribution in [2.45, 2.75) is 38.8 Å². The molecule has 1 aliphatic heterocycles. The van der Waals surface area contributed by atoms with E-state index in [1.807, 2.05) is 13.8 Å². The number of hydrogen-bond acceptors (Lipinski definition) is 5. The van der Waals surface area contributed by atoms with Crippen LogP contribution in [0.1, 0.15) is 36.4 Å². The number of thiazole rings is 1. The second kappa shape index (κ2) is 5.55. The average molecular weight is 269 g/mol. The summed E-state index contributed by atoms with van der Waals surface area (Å²) in [6.45, 7) is 5.91. The van der Waals surface area contributed by atoms with Crippen LogP contribution in [0.4, 0.5) is 5.13 Å². The molecule has 0 radical (unpaired) electrons. The summed E-state index contributed by atoms with van der Waals surface area (Å²) in [6, 6.07) is 0.609. The van der Waals surface area contributed by atoms with Gasteiger partial charge in [-0.25, -0.2) is 4.98 Å². The second-order valence-electron chi connectivity index (χ2n) is 5.33. The Morgan fingerprint density at radius 1 is 1.50 bits per heavy atom. The Morgan fingerprint density at radius 2 is 2.22 bits per heavy atom. The van der Waals surface area contributed by atoms with Gasteiger partial charge in [0.05, 0.1) is 16.7 Å². The van der Waals surface area contributed by atoms with Gasteiger partial charge in [-0.15, -0.1) is 0 Å². The van der Waals surface area contributed by atoms with Gasteiger partial charge in [-0.05, 0) is 40.8 Å². The largest absolute Gasteiger partial charge is 0.388 e. The zero-order valence-corrected chi connectivity index (χ0v) is 12.5. The first kappa shape index (κ1) is 13.8. The molecule has 1 aromatic rings.